The summed E-state index contributed by atoms with van der Waals surface area (Å²) in [6.45, 7) is 2.23. The SMILES string of the molecule is CC1CC(O)c2ccccc2C1c1ccccc1. The van der Waals surface area contributed by atoms with Gasteiger partial charge in [0.15, 0.2) is 0 Å². The summed E-state index contributed by atoms with van der Waals surface area (Å²) < 4.78 is 0. The van der Waals surface area contributed by atoms with Gasteiger partial charge in [-0.2, -0.15) is 0 Å². The normalized spacial score (nSPS) is 26.7. The Kier molecular flexibility index (Phi) is 2.92. The fraction of sp³-hybridized carbons (Fsp3) is 0.294. The molecule has 0 aromatic heterocycles. The van der Waals surface area contributed by atoms with Crippen molar-refractivity contribution in [1.82, 2.24) is 0 Å². The highest BCUT2D eigenvalue weighted by Crippen LogP contribution is 2.44. The molecule has 1 N–H and O–H groups in total. The first kappa shape index (κ1) is 11.5. The molecule has 2 aromatic carbocycles. The van der Waals surface area contributed by atoms with Gasteiger partial charge in [-0.3, -0.25) is 0 Å². The Morgan fingerprint density at radius 2 is 1.50 bits per heavy atom. The number of hydrogen-bond donors (Lipinski definition) is 1. The van der Waals surface area contributed by atoms with Crippen molar-refractivity contribution in [2.24, 2.45) is 5.92 Å². The molecule has 0 amide bonds. The van der Waals surface area contributed by atoms with Crippen molar-refractivity contribution in [3.05, 3.63) is 71.3 Å². The molecule has 3 unspecified atom stereocenters. The van der Waals surface area contributed by atoms with Crippen molar-refractivity contribution in [2.75, 3.05) is 0 Å². The zero-order chi connectivity index (χ0) is 12.5. The van der Waals surface area contributed by atoms with Crippen LogP contribution in [0.25, 0.3) is 0 Å². The Balaban J connectivity index is 2.12. The number of benzene rings is 2. The van der Waals surface area contributed by atoms with Gasteiger partial charge in [0.05, 0.1) is 6.10 Å². The van der Waals surface area contributed by atoms with E-state index in [1.54, 1.807) is 0 Å². The zero-order valence-electron chi connectivity index (χ0n) is 10.6. The van der Waals surface area contributed by atoms with Gasteiger partial charge in [0.25, 0.3) is 0 Å². The van der Waals surface area contributed by atoms with Gasteiger partial charge in [-0.1, -0.05) is 61.5 Å². The van der Waals surface area contributed by atoms with E-state index < -0.39 is 0 Å². The largest absolute Gasteiger partial charge is 0.388 e. The first-order valence-corrected chi connectivity index (χ1v) is 6.59. The Morgan fingerprint density at radius 1 is 0.889 bits per heavy atom. The fourth-order valence-corrected chi connectivity index (χ4v) is 3.19. The maximum atomic E-state index is 10.2. The van der Waals surface area contributed by atoms with E-state index in [1.165, 1.54) is 11.1 Å². The van der Waals surface area contributed by atoms with Crippen LogP contribution < -0.4 is 0 Å². The lowest BCUT2D eigenvalue weighted by atomic mass is 9.71. The molecule has 0 fully saturated rings. The summed E-state index contributed by atoms with van der Waals surface area (Å²) in [7, 11) is 0. The van der Waals surface area contributed by atoms with Crippen molar-refractivity contribution in [3.8, 4) is 0 Å². The summed E-state index contributed by atoms with van der Waals surface area (Å²) in [5.41, 5.74) is 3.74. The number of rotatable bonds is 1. The second kappa shape index (κ2) is 4.58. The molecule has 1 heteroatoms. The van der Waals surface area contributed by atoms with E-state index in [1.807, 2.05) is 6.07 Å². The van der Waals surface area contributed by atoms with E-state index in [0.29, 0.717) is 11.8 Å². The smallest absolute Gasteiger partial charge is 0.0795 e. The van der Waals surface area contributed by atoms with Gasteiger partial charge in [0, 0.05) is 5.92 Å². The minimum atomic E-state index is -0.309. The van der Waals surface area contributed by atoms with E-state index in [0.717, 1.165) is 12.0 Å². The van der Waals surface area contributed by atoms with Gasteiger partial charge in [-0.05, 0) is 29.0 Å². The maximum absolute atomic E-state index is 10.2. The molecule has 3 atom stereocenters. The number of hydrogen-bond acceptors (Lipinski definition) is 1. The molecule has 2 aromatic rings. The van der Waals surface area contributed by atoms with Gasteiger partial charge in [0.2, 0.25) is 0 Å². The third kappa shape index (κ3) is 1.85. The molecule has 3 rings (SSSR count). The number of aliphatic hydroxyl groups is 1. The Hall–Kier alpha value is -1.60. The van der Waals surface area contributed by atoms with Crippen molar-refractivity contribution < 1.29 is 5.11 Å². The number of aliphatic hydroxyl groups excluding tert-OH is 1. The second-order valence-electron chi connectivity index (χ2n) is 5.25. The summed E-state index contributed by atoms with van der Waals surface area (Å²) in [4.78, 5) is 0. The van der Waals surface area contributed by atoms with E-state index in [2.05, 4.69) is 55.5 Å². The van der Waals surface area contributed by atoms with Crippen molar-refractivity contribution >= 4 is 0 Å². The molecule has 0 saturated carbocycles. The van der Waals surface area contributed by atoms with Crippen molar-refractivity contribution in [3.63, 3.8) is 0 Å². The highest BCUT2D eigenvalue weighted by atomic mass is 16.3. The molecule has 18 heavy (non-hydrogen) atoms. The van der Waals surface area contributed by atoms with E-state index in [-0.39, 0.29) is 6.10 Å². The maximum Gasteiger partial charge on any atom is 0.0795 e. The van der Waals surface area contributed by atoms with Crippen molar-refractivity contribution in [2.45, 2.75) is 25.4 Å². The summed E-state index contributed by atoms with van der Waals surface area (Å²) in [6, 6.07) is 18.9. The minimum absolute atomic E-state index is 0.309. The first-order chi connectivity index (χ1) is 8.77. The summed E-state index contributed by atoms with van der Waals surface area (Å²) >= 11 is 0. The lowest BCUT2D eigenvalue weighted by molar-refractivity contribution is 0.130. The Morgan fingerprint density at radius 3 is 2.22 bits per heavy atom. The molecular weight excluding hydrogens is 220 g/mol. The van der Waals surface area contributed by atoms with Crippen LogP contribution in [0.4, 0.5) is 0 Å². The quantitative estimate of drug-likeness (QED) is 0.799. The summed E-state index contributed by atoms with van der Waals surface area (Å²) in [6.07, 6.45) is 0.535. The highest BCUT2D eigenvalue weighted by molar-refractivity contribution is 5.41. The molecule has 1 aliphatic rings. The van der Waals surface area contributed by atoms with Crippen LogP contribution in [0.15, 0.2) is 54.6 Å². The molecule has 1 nitrogen and oxygen atoms in total. The predicted octanol–water partition coefficient (Wildman–Crippen LogP) is 3.89. The average Bonchev–Trinajstić information content (AvgIpc) is 2.40. The van der Waals surface area contributed by atoms with Crippen molar-refractivity contribution in [1.29, 1.82) is 0 Å². The van der Waals surface area contributed by atoms with Crippen LogP contribution >= 0.6 is 0 Å². The van der Waals surface area contributed by atoms with Crippen LogP contribution in [-0.2, 0) is 0 Å². The van der Waals surface area contributed by atoms with E-state index in [4.69, 9.17) is 0 Å². The lowest BCUT2D eigenvalue weighted by Gasteiger charge is -2.34. The monoisotopic (exact) mass is 238 g/mol. The van der Waals surface area contributed by atoms with Gasteiger partial charge < -0.3 is 5.11 Å². The molecule has 0 spiro atoms. The Labute approximate surface area is 108 Å². The van der Waals surface area contributed by atoms with Crippen LogP contribution in [-0.4, -0.2) is 5.11 Å². The molecule has 0 aliphatic heterocycles. The fourth-order valence-electron chi connectivity index (χ4n) is 3.19. The first-order valence-electron chi connectivity index (χ1n) is 6.59. The van der Waals surface area contributed by atoms with Crippen LogP contribution in [0.2, 0.25) is 0 Å². The van der Waals surface area contributed by atoms with E-state index in [9.17, 15) is 5.11 Å². The molecular formula is C17H18O. The molecule has 0 saturated heterocycles. The second-order valence-corrected chi connectivity index (χ2v) is 5.25. The lowest BCUT2D eigenvalue weighted by Crippen LogP contribution is -2.22. The van der Waals surface area contributed by atoms with Crippen LogP contribution in [0.3, 0.4) is 0 Å². The molecule has 0 heterocycles. The zero-order valence-corrected chi connectivity index (χ0v) is 10.6. The summed E-state index contributed by atoms with van der Waals surface area (Å²) in [5, 5.41) is 10.2. The third-order valence-electron chi connectivity index (χ3n) is 4.01. The van der Waals surface area contributed by atoms with Gasteiger partial charge in [-0.15, -0.1) is 0 Å². The molecule has 0 radical (unpaired) electrons. The molecule has 0 bridgehead atoms. The molecule has 1 aliphatic carbocycles. The van der Waals surface area contributed by atoms with E-state index >= 15 is 0 Å². The van der Waals surface area contributed by atoms with Gasteiger partial charge in [0.1, 0.15) is 0 Å². The standard InChI is InChI=1S/C17H18O/c1-12-11-16(18)14-9-5-6-10-15(14)17(12)13-7-3-2-4-8-13/h2-10,12,16-18H,11H2,1H3. The average molecular weight is 238 g/mol. The third-order valence-corrected chi connectivity index (χ3v) is 4.01. The summed E-state index contributed by atoms with van der Waals surface area (Å²) in [5.74, 6) is 0.878. The van der Waals surface area contributed by atoms with Crippen LogP contribution in [0.5, 0.6) is 0 Å². The minimum Gasteiger partial charge on any atom is -0.388 e. The van der Waals surface area contributed by atoms with Crippen LogP contribution in [0.1, 0.15) is 42.1 Å². The van der Waals surface area contributed by atoms with Gasteiger partial charge >= 0.3 is 0 Å². The topological polar surface area (TPSA) is 20.2 Å². The van der Waals surface area contributed by atoms with Gasteiger partial charge in [-0.25, -0.2) is 0 Å². The number of fused-ring (bicyclic) bond motifs is 1. The Bertz CT molecular complexity index is 532. The predicted molar refractivity (Wildman–Crippen MR) is 73.5 cm³/mol. The van der Waals surface area contributed by atoms with Crippen LogP contribution in [0, 0.1) is 5.92 Å². The highest BCUT2D eigenvalue weighted by Gasteiger charge is 2.31. The molecule has 92 valence electrons.